The number of hydrogen-bond donors (Lipinski definition) is 0. The zero-order valence-electron chi connectivity index (χ0n) is 11.6. The summed E-state index contributed by atoms with van der Waals surface area (Å²) in [6.07, 6.45) is 3.91. The molecule has 0 bridgehead atoms. The van der Waals surface area contributed by atoms with Gasteiger partial charge >= 0.3 is 0 Å². The van der Waals surface area contributed by atoms with Gasteiger partial charge in [-0.05, 0) is 38.5 Å². The smallest absolute Gasteiger partial charge is 0.207 e. The Morgan fingerprint density at radius 2 is 1.79 bits per heavy atom. The Morgan fingerprint density at radius 3 is 2.37 bits per heavy atom. The molecule has 0 amide bonds. The SMILES string of the molecule is CC(C)=C1C=CCN(S(=O)(=O)c2ccc(C)cc2)C1. The van der Waals surface area contributed by atoms with Gasteiger partial charge < -0.3 is 0 Å². The van der Waals surface area contributed by atoms with Crippen molar-refractivity contribution < 1.29 is 8.42 Å². The number of rotatable bonds is 2. The van der Waals surface area contributed by atoms with Crippen molar-refractivity contribution in [1.29, 1.82) is 0 Å². The predicted molar refractivity (Wildman–Crippen MR) is 77.5 cm³/mol. The molecule has 0 saturated heterocycles. The van der Waals surface area contributed by atoms with Gasteiger partial charge in [0, 0.05) is 13.1 Å². The third kappa shape index (κ3) is 2.96. The molecular formula is C15H19NO2S. The molecule has 0 N–H and O–H groups in total. The van der Waals surface area contributed by atoms with Crippen molar-refractivity contribution in [2.45, 2.75) is 25.7 Å². The van der Waals surface area contributed by atoms with E-state index in [1.807, 2.05) is 45.1 Å². The van der Waals surface area contributed by atoms with E-state index in [4.69, 9.17) is 0 Å². The summed E-state index contributed by atoms with van der Waals surface area (Å²) in [5.74, 6) is 0. The highest BCUT2D eigenvalue weighted by Gasteiger charge is 2.25. The van der Waals surface area contributed by atoms with Crippen molar-refractivity contribution in [1.82, 2.24) is 4.31 Å². The lowest BCUT2D eigenvalue weighted by molar-refractivity contribution is 0.462. The van der Waals surface area contributed by atoms with Crippen LogP contribution in [0.15, 0.2) is 52.5 Å². The molecule has 2 rings (SSSR count). The molecule has 0 fully saturated rings. The number of nitrogens with zero attached hydrogens (tertiary/aromatic N) is 1. The fraction of sp³-hybridized carbons (Fsp3) is 0.333. The Morgan fingerprint density at radius 1 is 1.16 bits per heavy atom. The second-order valence-corrected chi connectivity index (χ2v) is 6.98. The Bertz CT molecular complexity index is 621. The lowest BCUT2D eigenvalue weighted by Gasteiger charge is -2.25. The quantitative estimate of drug-likeness (QED) is 0.833. The standard InChI is InChI=1S/C15H19NO2S/c1-12(2)14-5-4-10-16(11-14)19(17,18)15-8-6-13(3)7-9-15/h4-9H,10-11H2,1-3H3. The predicted octanol–water partition coefficient (Wildman–Crippen LogP) is 2.89. The Hall–Kier alpha value is -1.39. The Kier molecular flexibility index (Phi) is 3.92. The number of allylic oxidation sites excluding steroid dienone is 1. The molecule has 0 radical (unpaired) electrons. The molecule has 1 aliphatic heterocycles. The van der Waals surface area contributed by atoms with E-state index in [1.54, 1.807) is 12.1 Å². The van der Waals surface area contributed by atoms with E-state index in [-0.39, 0.29) is 0 Å². The summed E-state index contributed by atoms with van der Waals surface area (Å²) in [7, 11) is -3.40. The summed E-state index contributed by atoms with van der Waals surface area (Å²) in [5, 5.41) is 0. The molecule has 0 spiro atoms. The Labute approximate surface area is 115 Å². The second-order valence-electron chi connectivity index (χ2n) is 5.04. The molecule has 1 aromatic rings. The van der Waals surface area contributed by atoms with Crippen molar-refractivity contribution in [3.05, 3.63) is 53.1 Å². The van der Waals surface area contributed by atoms with Gasteiger partial charge in [-0.2, -0.15) is 4.31 Å². The average Bonchev–Trinajstić information content (AvgIpc) is 2.39. The van der Waals surface area contributed by atoms with Gasteiger partial charge in [-0.25, -0.2) is 8.42 Å². The van der Waals surface area contributed by atoms with Crippen LogP contribution in [0.25, 0.3) is 0 Å². The lowest BCUT2D eigenvalue weighted by Crippen LogP contribution is -2.35. The second kappa shape index (κ2) is 5.31. The van der Waals surface area contributed by atoms with Gasteiger partial charge in [-0.15, -0.1) is 0 Å². The normalized spacial score (nSPS) is 16.7. The first-order chi connectivity index (χ1) is 8.91. The maximum Gasteiger partial charge on any atom is 0.243 e. The van der Waals surface area contributed by atoms with E-state index < -0.39 is 10.0 Å². The van der Waals surface area contributed by atoms with Gasteiger partial charge in [-0.1, -0.05) is 35.4 Å². The largest absolute Gasteiger partial charge is 0.243 e. The van der Waals surface area contributed by atoms with Crippen LogP contribution in [0.5, 0.6) is 0 Å². The zero-order valence-corrected chi connectivity index (χ0v) is 12.4. The number of aryl methyl sites for hydroxylation is 1. The highest BCUT2D eigenvalue weighted by Crippen LogP contribution is 2.21. The molecule has 102 valence electrons. The summed E-state index contributed by atoms with van der Waals surface area (Å²) in [6, 6.07) is 7.00. The first-order valence-electron chi connectivity index (χ1n) is 6.31. The molecule has 19 heavy (non-hydrogen) atoms. The van der Waals surface area contributed by atoms with Gasteiger partial charge in [0.15, 0.2) is 0 Å². The zero-order chi connectivity index (χ0) is 14.0. The van der Waals surface area contributed by atoms with Crippen molar-refractivity contribution in [2.24, 2.45) is 0 Å². The van der Waals surface area contributed by atoms with Crippen LogP contribution in [0.2, 0.25) is 0 Å². The molecule has 4 heteroatoms. The topological polar surface area (TPSA) is 37.4 Å². The van der Waals surface area contributed by atoms with Gasteiger partial charge in [0.25, 0.3) is 0 Å². The van der Waals surface area contributed by atoms with E-state index >= 15 is 0 Å². The summed E-state index contributed by atoms with van der Waals surface area (Å²) in [5.41, 5.74) is 3.28. The molecular weight excluding hydrogens is 258 g/mol. The molecule has 1 aliphatic rings. The van der Waals surface area contributed by atoms with Crippen LogP contribution in [0.4, 0.5) is 0 Å². The minimum Gasteiger partial charge on any atom is -0.207 e. The van der Waals surface area contributed by atoms with Gasteiger partial charge in [0.1, 0.15) is 0 Å². The minimum atomic E-state index is -3.40. The van der Waals surface area contributed by atoms with Crippen molar-refractivity contribution in [2.75, 3.05) is 13.1 Å². The molecule has 1 heterocycles. The van der Waals surface area contributed by atoms with E-state index in [9.17, 15) is 8.42 Å². The summed E-state index contributed by atoms with van der Waals surface area (Å²) in [4.78, 5) is 0.363. The van der Waals surface area contributed by atoms with Crippen LogP contribution in [-0.2, 0) is 10.0 Å². The third-order valence-corrected chi connectivity index (χ3v) is 5.10. The highest BCUT2D eigenvalue weighted by molar-refractivity contribution is 7.89. The first-order valence-corrected chi connectivity index (χ1v) is 7.75. The van der Waals surface area contributed by atoms with E-state index in [0.717, 1.165) is 16.7 Å². The van der Waals surface area contributed by atoms with Crippen LogP contribution < -0.4 is 0 Å². The fourth-order valence-corrected chi connectivity index (χ4v) is 3.36. The molecule has 0 aromatic heterocycles. The van der Waals surface area contributed by atoms with Crippen molar-refractivity contribution in [3.63, 3.8) is 0 Å². The average molecular weight is 277 g/mol. The van der Waals surface area contributed by atoms with Crippen LogP contribution >= 0.6 is 0 Å². The van der Waals surface area contributed by atoms with Crippen LogP contribution in [0.1, 0.15) is 19.4 Å². The van der Waals surface area contributed by atoms with E-state index in [0.29, 0.717) is 18.0 Å². The van der Waals surface area contributed by atoms with Gasteiger partial charge in [0.05, 0.1) is 4.90 Å². The van der Waals surface area contributed by atoms with Crippen molar-refractivity contribution >= 4 is 10.0 Å². The minimum absolute atomic E-state index is 0.363. The number of benzene rings is 1. The van der Waals surface area contributed by atoms with Gasteiger partial charge in [0.2, 0.25) is 10.0 Å². The summed E-state index contributed by atoms with van der Waals surface area (Å²) in [6.45, 7) is 6.84. The van der Waals surface area contributed by atoms with Gasteiger partial charge in [-0.3, -0.25) is 0 Å². The lowest BCUT2D eigenvalue weighted by atomic mass is 10.1. The Balaban J connectivity index is 2.34. The maximum atomic E-state index is 12.5. The molecule has 0 atom stereocenters. The number of hydrogen-bond acceptors (Lipinski definition) is 2. The summed E-state index contributed by atoms with van der Waals surface area (Å²) < 4.78 is 26.6. The maximum absolute atomic E-state index is 12.5. The fourth-order valence-electron chi connectivity index (χ4n) is 1.99. The molecule has 0 saturated carbocycles. The summed E-state index contributed by atoms with van der Waals surface area (Å²) >= 11 is 0. The van der Waals surface area contributed by atoms with Crippen LogP contribution in [0, 0.1) is 6.92 Å². The first kappa shape index (κ1) is 14.0. The molecule has 1 aromatic carbocycles. The van der Waals surface area contributed by atoms with E-state index in [1.165, 1.54) is 4.31 Å². The monoisotopic (exact) mass is 277 g/mol. The number of sulfonamides is 1. The van der Waals surface area contributed by atoms with Crippen LogP contribution in [-0.4, -0.2) is 25.8 Å². The van der Waals surface area contributed by atoms with Crippen molar-refractivity contribution in [3.8, 4) is 0 Å². The highest BCUT2D eigenvalue weighted by atomic mass is 32.2. The van der Waals surface area contributed by atoms with Crippen LogP contribution in [0.3, 0.4) is 0 Å². The molecule has 3 nitrogen and oxygen atoms in total. The third-order valence-electron chi connectivity index (χ3n) is 3.28. The molecule has 0 unspecified atom stereocenters. The molecule has 0 aliphatic carbocycles. The van der Waals surface area contributed by atoms with E-state index in [2.05, 4.69) is 0 Å².